The minimum atomic E-state index is -0.170. The monoisotopic (exact) mass is 466 g/mol. The molecule has 1 amide bonds. The molecule has 0 aliphatic heterocycles. The van der Waals surface area contributed by atoms with Gasteiger partial charge in [0.2, 0.25) is 0 Å². The Morgan fingerprint density at radius 1 is 0.941 bits per heavy atom. The van der Waals surface area contributed by atoms with E-state index in [0.29, 0.717) is 18.1 Å². The number of aromatic nitrogens is 2. The Balaban J connectivity index is 1.25. The molecule has 0 fully saturated rings. The minimum Gasteiger partial charge on any atom is -0.484 e. The number of benzene rings is 3. The summed E-state index contributed by atoms with van der Waals surface area (Å²) < 4.78 is 6.74. The molecule has 2 heterocycles. The Bertz CT molecular complexity index is 1400. The zero-order valence-electron chi connectivity index (χ0n) is 18.3. The molecule has 0 bridgehead atoms. The van der Waals surface area contributed by atoms with E-state index in [9.17, 15) is 4.79 Å². The summed E-state index contributed by atoms with van der Waals surface area (Å²) in [6.45, 7) is 0.431. The van der Waals surface area contributed by atoms with Crippen molar-refractivity contribution >= 4 is 33.3 Å². The number of anilines is 1. The highest BCUT2D eigenvalue weighted by atomic mass is 32.1. The van der Waals surface area contributed by atoms with E-state index in [-0.39, 0.29) is 12.5 Å². The number of rotatable bonds is 7. The molecule has 34 heavy (non-hydrogen) atoms. The Morgan fingerprint density at radius 3 is 2.50 bits per heavy atom. The van der Waals surface area contributed by atoms with Crippen molar-refractivity contribution in [1.82, 2.24) is 15.3 Å². The molecule has 168 valence electrons. The van der Waals surface area contributed by atoms with Crippen LogP contribution in [0.2, 0.25) is 0 Å². The number of carbonyl (C=O) groups excluding carboxylic acids is 1. The smallest absolute Gasteiger partial charge is 0.258 e. The van der Waals surface area contributed by atoms with Crippen LogP contribution in [-0.2, 0) is 11.3 Å². The topological polar surface area (TPSA) is 90.1 Å². The maximum absolute atomic E-state index is 12.1. The van der Waals surface area contributed by atoms with Crippen molar-refractivity contribution in [2.75, 3.05) is 12.3 Å². The first-order chi connectivity index (χ1) is 16.7. The van der Waals surface area contributed by atoms with E-state index in [1.165, 1.54) is 0 Å². The molecule has 5 aromatic rings. The molecule has 0 radical (unpaired) electrons. The number of nitrogen functional groups attached to an aromatic ring is 1. The molecule has 0 unspecified atom stereocenters. The number of hydrogen-bond acceptors (Lipinski definition) is 6. The van der Waals surface area contributed by atoms with Gasteiger partial charge in [-0.25, -0.2) is 9.97 Å². The van der Waals surface area contributed by atoms with Gasteiger partial charge in [0.15, 0.2) is 6.61 Å². The number of carbonyl (C=O) groups is 1. The van der Waals surface area contributed by atoms with Gasteiger partial charge in [0, 0.05) is 18.3 Å². The van der Waals surface area contributed by atoms with Crippen LogP contribution in [-0.4, -0.2) is 22.5 Å². The van der Waals surface area contributed by atoms with E-state index < -0.39 is 0 Å². The number of para-hydroxylation sites is 1. The summed E-state index contributed by atoms with van der Waals surface area (Å²) >= 11 is 1.59. The second kappa shape index (κ2) is 9.72. The molecule has 7 heteroatoms. The van der Waals surface area contributed by atoms with Crippen molar-refractivity contribution < 1.29 is 9.53 Å². The van der Waals surface area contributed by atoms with Gasteiger partial charge in [-0.05, 0) is 41.5 Å². The molecule has 0 aliphatic rings. The molecule has 3 N–H and O–H groups in total. The summed E-state index contributed by atoms with van der Waals surface area (Å²) in [5, 5.41) is 3.70. The lowest BCUT2D eigenvalue weighted by Crippen LogP contribution is -2.28. The number of thiazole rings is 1. The number of nitrogens with two attached hydrogens (primary N) is 1. The van der Waals surface area contributed by atoms with Crippen LogP contribution >= 0.6 is 11.3 Å². The van der Waals surface area contributed by atoms with Crippen LogP contribution < -0.4 is 15.8 Å². The van der Waals surface area contributed by atoms with Gasteiger partial charge >= 0.3 is 0 Å². The molecule has 6 nitrogen and oxygen atoms in total. The number of fused-ring (bicyclic) bond motifs is 1. The van der Waals surface area contributed by atoms with Gasteiger partial charge in [0.05, 0.1) is 15.8 Å². The predicted molar refractivity (Wildman–Crippen MR) is 136 cm³/mol. The fraction of sp³-hybridized carbons (Fsp3) is 0.0741. The van der Waals surface area contributed by atoms with Gasteiger partial charge in [-0.3, -0.25) is 4.79 Å². The van der Waals surface area contributed by atoms with Gasteiger partial charge < -0.3 is 15.8 Å². The van der Waals surface area contributed by atoms with E-state index >= 15 is 0 Å². The first-order valence-corrected chi connectivity index (χ1v) is 11.6. The van der Waals surface area contributed by atoms with Crippen LogP contribution in [0.25, 0.3) is 31.9 Å². The highest BCUT2D eigenvalue weighted by Crippen LogP contribution is 2.35. The van der Waals surface area contributed by atoms with Crippen LogP contribution in [0.3, 0.4) is 0 Å². The van der Waals surface area contributed by atoms with Gasteiger partial charge in [-0.15, -0.1) is 11.3 Å². The standard InChI is InChI=1S/C27H22N4O2S/c28-26-22(27-31-23-8-4-5-9-24(23)34-27)14-20(16-30-26)19-10-12-21(13-11-19)33-17-25(32)29-15-18-6-2-1-3-7-18/h1-14,16H,15,17H2,(H2,28,30)(H,29,32). The zero-order valence-corrected chi connectivity index (χ0v) is 19.1. The van der Waals surface area contributed by atoms with E-state index in [2.05, 4.69) is 10.3 Å². The van der Waals surface area contributed by atoms with Crippen molar-refractivity contribution in [2.45, 2.75) is 6.54 Å². The predicted octanol–water partition coefficient (Wildman–Crippen LogP) is 5.30. The first kappa shape index (κ1) is 21.6. The van der Waals surface area contributed by atoms with Crippen LogP contribution in [0, 0.1) is 0 Å². The molecule has 2 aromatic heterocycles. The third kappa shape index (κ3) is 4.89. The summed E-state index contributed by atoms with van der Waals surface area (Å²) in [5.41, 5.74) is 10.9. The number of pyridine rings is 1. The maximum Gasteiger partial charge on any atom is 0.258 e. The summed E-state index contributed by atoms with van der Waals surface area (Å²) in [4.78, 5) is 21.2. The van der Waals surface area contributed by atoms with Crippen molar-refractivity contribution in [3.05, 3.63) is 96.7 Å². The number of ether oxygens (including phenoxy) is 1. The average Bonchev–Trinajstić information content (AvgIpc) is 3.32. The van der Waals surface area contributed by atoms with Gasteiger partial charge in [0.25, 0.3) is 5.91 Å². The summed E-state index contributed by atoms with van der Waals surface area (Å²) in [6, 6.07) is 27.3. The van der Waals surface area contributed by atoms with Crippen LogP contribution in [0.5, 0.6) is 5.75 Å². The van der Waals surface area contributed by atoms with Crippen molar-refractivity contribution in [2.24, 2.45) is 0 Å². The molecule has 0 atom stereocenters. The van der Waals surface area contributed by atoms with Gasteiger partial charge in [-0.2, -0.15) is 0 Å². The van der Waals surface area contributed by atoms with Crippen LogP contribution in [0.4, 0.5) is 5.82 Å². The number of amides is 1. The van der Waals surface area contributed by atoms with E-state index in [1.54, 1.807) is 17.5 Å². The summed E-state index contributed by atoms with van der Waals surface area (Å²) in [5.74, 6) is 0.897. The molecular weight excluding hydrogens is 444 g/mol. The van der Waals surface area contributed by atoms with Gasteiger partial charge in [-0.1, -0.05) is 54.6 Å². The van der Waals surface area contributed by atoms with Crippen molar-refractivity contribution in [1.29, 1.82) is 0 Å². The maximum atomic E-state index is 12.1. The van der Waals surface area contributed by atoms with Crippen molar-refractivity contribution in [3.63, 3.8) is 0 Å². The Hall–Kier alpha value is -4.23. The summed E-state index contributed by atoms with van der Waals surface area (Å²) in [7, 11) is 0. The number of hydrogen-bond donors (Lipinski definition) is 2. The zero-order chi connectivity index (χ0) is 23.3. The highest BCUT2D eigenvalue weighted by molar-refractivity contribution is 7.21. The fourth-order valence-corrected chi connectivity index (χ4v) is 4.52. The van der Waals surface area contributed by atoms with E-state index in [1.807, 2.05) is 84.9 Å². The molecular formula is C27H22N4O2S. The molecule has 0 spiro atoms. The molecule has 0 saturated heterocycles. The minimum absolute atomic E-state index is 0.0443. The lowest BCUT2D eigenvalue weighted by Gasteiger charge is -2.09. The Kier molecular flexibility index (Phi) is 6.18. The van der Waals surface area contributed by atoms with Crippen LogP contribution in [0.1, 0.15) is 5.56 Å². The lowest BCUT2D eigenvalue weighted by atomic mass is 10.1. The average molecular weight is 467 g/mol. The molecule has 5 rings (SSSR count). The van der Waals surface area contributed by atoms with Gasteiger partial charge in [0.1, 0.15) is 16.6 Å². The largest absolute Gasteiger partial charge is 0.484 e. The fourth-order valence-electron chi connectivity index (χ4n) is 3.53. The van der Waals surface area contributed by atoms with E-state index in [4.69, 9.17) is 15.5 Å². The SMILES string of the molecule is Nc1ncc(-c2ccc(OCC(=O)NCc3ccccc3)cc2)cc1-c1nc2ccccc2s1. The van der Waals surface area contributed by atoms with Crippen molar-refractivity contribution in [3.8, 4) is 27.4 Å². The Morgan fingerprint density at radius 2 is 1.71 bits per heavy atom. The normalized spacial score (nSPS) is 10.8. The third-order valence-electron chi connectivity index (χ3n) is 5.33. The lowest BCUT2D eigenvalue weighted by molar-refractivity contribution is -0.123. The number of nitrogens with one attached hydrogen (secondary N) is 1. The van der Waals surface area contributed by atoms with E-state index in [0.717, 1.165) is 37.5 Å². The quantitative estimate of drug-likeness (QED) is 0.340. The summed E-state index contributed by atoms with van der Waals surface area (Å²) in [6.07, 6.45) is 1.75. The van der Waals surface area contributed by atoms with Crippen LogP contribution in [0.15, 0.2) is 91.1 Å². The number of nitrogens with zero attached hydrogens (tertiary/aromatic N) is 2. The Labute approximate surface area is 201 Å². The second-order valence-corrected chi connectivity index (χ2v) is 8.75. The highest BCUT2D eigenvalue weighted by Gasteiger charge is 2.12. The molecule has 0 saturated carbocycles. The molecule has 3 aromatic carbocycles. The second-order valence-electron chi connectivity index (χ2n) is 7.72. The third-order valence-corrected chi connectivity index (χ3v) is 6.40. The molecule has 0 aliphatic carbocycles. The first-order valence-electron chi connectivity index (χ1n) is 10.8.